The van der Waals surface area contributed by atoms with Crippen LogP contribution in [0.1, 0.15) is 39.3 Å². The fourth-order valence-electron chi connectivity index (χ4n) is 2.31. The zero-order chi connectivity index (χ0) is 15.3. The Hall–Kier alpha value is -1.21. The van der Waals surface area contributed by atoms with Crippen LogP contribution in [0.2, 0.25) is 0 Å². The Morgan fingerprint density at radius 1 is 1.48 bits per heavy atom. The fourth-order valence-corrected chi connectivity index (χ4v) is 2.76. The zero-order valence-corrected chi connectivity index (χ0v) is 13.8. The first kappa shape index (κ1) is 16.2. The molecule has 0 bridgehead atoms. The predicted molar refractivity (Wildman–Crippen MR) is 82.1 cm³/mol. The van der Waals surface area contributed by atoms with E-state index >= 15 is 0 Å². The Labute approximate surface area is 130 Å². The van der Waals surface area contributed by atoms with Gasteiger partial charge in [-0.25, -0.2) is 4.79 Å². The number of amides is 1. The first-order valence-corrected chi connectivity index (χ1v) is 8.22. The van der Waals surface area contributed by atoms with Gasteiger partial charge >= 0.3 is 6.09 Å². The lowest BCUT2D eigenvalue weighted by atomic mass is 9.97. The van der Waals surface area contributed by atoms with E-state index in [2.05, 4.69) is 14.9 Å². The van der Waals surface area contributed by atoms with Crippen molar-refractivity contribution in [3.05, 3.63) is 11.1 Å². The van der Waals surface area contributed by atoms with Crippen LogP contribution in [0.25, 0.3) is 0 Å². The van der Waals surface area contributed by atoms with Crippen LogP contribution in [-0.2, 0) is 11.3 Å². The van der Waals surface area contributed by atoms with E-state index < -0.39 is 5.60 Å². The monoisotopic (exact) mass is 312 g/mol. The highest BCUT2D eigenvalue weighted by Gasteiger charge is 2.26. The summed E-state index contributed by atoms with van der Waals surface area (Å²) < 4.78 is 9.24. The lowest BCUT2D eigenvalue weighted by molar-refractivity contribution is 0.0184. The molecule has 6 nitrogen and oxygen atoms in total. The second kappa shape index (κ2) is 7.17. The Kier molecular flexibility index (Phi) is 5.52. The normalized spacial score (nSPS) is 17.0. The van der Waals surface area contributed by atoms with Gasteiger partial charge in [0.05, 0.1) is 5.69 Å². The number of carbonyl (C=O) groups is 1. The summed E-state index contributed by atoms with van der Waals surface area (Å²) in [6.45, 7) is 8.97. The SMILES string of the molecule is CC(C)(C)OC(=O)N1CCC(CNCc2csnn2)CC1. The van der Waals surface area contributed by atoms with Gasteiger partial charge < -0.3 is 15.0 Å². The van der Waals surface area contributed by atoms with Gasteiger partial charge in [-0.1, -0.05) is 4.49 Å². The summed E-state index contributed by atoms with van der Waals surface area (Å²) in [5, 5.41) is 9.37. The van der Waals surface area contributed by atoms with E-state index in [4.69, 9.17) is 4.74 Å². The summed E-state index contributed by atoms with van der Waals surface area (Å²) in [5.74, 6) is 0.607. The number of ether oxygens (including phenoxy) is 1. The molecule has 0 saturated carbocycles. The molecule has 2 rings (SSSR count). The molecule has 1 N–H and O–H groups in total. The molecule has 1 amide bonds. The van der Waals surface area contributed by atoms with Gasteiger partial charge in [0.1, 0.15) is 5.60 Å². The van der Waals surface area contributed by atoms with Crippen molar-refractivity contribution in [1.29, 1.82) is 0 Å². The Morgan fingerprint density at radius 2 is 2.19 bits per heavy atom. The molecule has 0 unspecified atom stereocenters. The third kappa shape index (κ3) is 5.59. The molecule has 1 aromatic heterocycles. The van der Waals surface area contributed by atoms with Gasteiger partial charge in [0.2, 0.25) is 0 Å². The van der Waals surface area contributed by atoms with Crippen molar-refractivity contribution >= 4 is 17.6 Å². The molecule has 1 fully saturated rings. The van der Waals surface area contributed by atoms with Gasteiger partial charge in [-0.2, -0.15) is 0 Å². The van der Waals surface area contributed by atoms with E-state index in [1.807, 2.05) is 31.1 Å². The summed E-state index contributed by atoms with van der Waals surface area (Å²) in [6, 6.07) is 0. The number of nitrogens with zero attached hydrogens (tertiary/aromatic N) is 3. The van der Waals surface area contributed by atoms with Crippen molar-refractivity contribution < 1.29 is 9.53 Å². The van der Waals surface area contributed by atoms with E-state index in [0.717, 1.165) is 44.7 Å². The van der Waals surface area contributed by atoms with Crippen molar-refractivity contribution in [2.45, 2.75) is 45.8 Å². The van der Waals surface area contributed by atoms with Crippen LogP contribution >= 0.6 is 11.5 Å². The van der Waals surface area contributed by atoms with Gasteiger partial charge in [-0.3, -0.25) is 0 Å². The minimum absolute atomic E-state index is 0.192. The first-order chi connectivity index (χ1) is 9.94. The smallest absolute Gasteiger partial charge is 0.410 e. The van der Waals surface area contributed by atoms with E-state index in [9.17, 15) is 4.79 Å². The molecular formula is C14H24N4O2S. The first-order valence-electron chi connectivity index (χ1n) is 7.38. The Balaban J connectivity index is 1.65. The van der Waals surface area contributed by atoms with Crippen molar-refractivity contribution in [3.8, 4) is 0 Å². The summed E-state index contributed by atoms with van der Waals surface area (Å²) in [4.78, 5) is 13.8. The number of likely N-dealkylation sites (tertiary alicyclic amines) is 1. The molecule has 0 aromatic carbocycles. The predicted octanol–water partition coefficient (Wildman–Crippen LogP) is 2.27. The molecule has 1 aromatic rings. The van der Waals surface area contributed by atoms with E-state index in [-0.39, 0.29) is 6.09 Å². The summed E-state index contributed by atoms with van der Waals surface area (Å²) in [7, 11) is 0. The lowest BCUT2D eigenvalue weighted by Gasteiger charge is -2.33. The molecule has 7 heteroatoms. The topological polar surface area (TPSA) is 67.3 Å². The number of hydrogen-bond acceptors (Lipinski definition) is 6. The Morgan fingerprint density at radius 3 is 2.76 bits per heavy atom. The van der Waals surface area contributed by atoms with Crippen LogP contribution in [0.4, 0.5) is 4.79 Å². The quantitative estimate of drug-likeness (QED) is 0.924. The maximum absolute atomic E-state index is 12.0. The summed E-state index contributed by atoms with van der Waals surface area (Å²) in [5.41, 5.74) is 0.572. The van der Waals surface area contributed by atoms with Crippen LogP contribution in [0, 0.1) is 5.92 Å². The highest BCUT2D eigenvalue weighted by Crippen LogP contribution is 2.19. The molecule has 0 spiro atoms. The standard InChI is InChI=1S/C14H24N4O2S/c1-14(2,3)20-13(19)18-6-4-11(5-7-18)8-15-9-12-10-21-17-16-12/h10-11,15H,4-9H2,1-3H3. The highest BCUT2D eigenvalue weighted by molar-refractivity contribution is 7.03. The van der Waals surface area contributed by atoms with Gasteiger partial charge in [0.15, 0.2) is 0 Å². The van der Waals surface area contributed by atoms with E-state index in [1.165, 1.54) is 11.5 Å². The number of carbonyl (C=O) groups excluding carboxylic acids is 1. The van der Waals surface area contributed by atoms with Gasteiger partial charge in [0, 0.05) is 25.0 Å². The minimum Gasteiger partial charge on any atom is -0.444 e. The highest BCUT2D eigenvalue weighted by atomic mass is 32.1. The molecular weight excluding hydrogens is 288 g/mol. The van der Waals surface area contributed by atoms with Crippen molar-refractivity contribution in [1.82, 2.24) is 19.8 Å². The second-order valence-electron chi connectivity index (χ2n) is 6.44. The van der Waals surface area contributed by atoms with E-state index in [1.54, 1.807) is 0 Å². The maximum Gasteiger partial charge on any atom is 0.410 e. The van der Waals surface area contributed by atoms with Crippen LogP contribution in [0.15, 0.2) is 5.38 Å². The Bertz CT molecular complexity index is 436. The van der Waals surface area contributed by atoms with Crippen molar-refractivity contribution in [2.75, 3.05) is 19.6 Å². The third-order valence-corrected chi connectivity index (χ3v) is 3.96. The number of hydrogen-bond donors (Lipinski definition) is 1. The molecule has 2 heterocycles. The third-order valence-electron chi connectivity index (χ3n) is 3.41. The summed E-state index contributed by atoms with van der Waals surface area (Å²) in [6.07, 6.45) is 1.84. The molecule has 21 heavy (non-hydrogen) atoms. The maximum atomic E-state index is 12.0. The van der Waals surface area contributed by atoms with Crippen molar-refractivity contribution in [3.63, 3.8) is 0 Å². The van der Waals surface area contributed by atoms with Crippen LogP contribution in [0.5, 0.6) is 0 Å². The van der Waals surface area contributed by atoms with Crippen LogP contribution in [0.3, 0.4) is 0 Å². The zero-order valence-electron chi connectivity index (χ0n) is 13.0. The number of nitrogens with one attached hydrogen (secondary N) is 1. The molecule has 1 aliphatic rings. The molecule has 1 saturated heterocycles. The minimum atomic E-state index is -0.420. The number of piperidine rings is 1. The second-order valence-corrected chi connectivity index (χ2v) is 7.05. The average molecular weight is 312 g/mol. The fraction of sp³-hybridized carbons (Fsp3) is 0.786. The van der Waals surface area contributed by atoms with Gasteiger partial charge in [-0.15, -0.1) is 5.10 Å². The average Bonchev–Trinajstić information content (AvgIpc) is 2.91. The lowest BCUT2D eigenvalue weighted by Crippen LogP contribution is -2.43. The molecule has 0 aliphatic carbocycles. The van der Waals surface area contributed by atoms with Crippen LogP contribution < -0.4 is 5.32 Å². The van der Waals surface area contributed by atoms with E-state index in [0.29, 0.717) is 5.92 Å². The molecule has 1 aliphatic heterocycles. The number of rotatable bonds is 4. The van der Waals surface area contributed by atoms with Crippen molar-refractivity contribution in [2.24, 2.45) is 5.92 Å². The number of aromatic nitrogens is 2. The largest absolute Gasteiger partial charge is 0.444 e. The summed E-state index contributed by atoms with van der Waals surface area (Å²) >= 11 is 1.37. The molecule has 118 valence electrons. The van der Waals surface area contributed by atoms with Crippen LogP contribution in [-0.4, -0.2) is 45.8 Å². The molecule has 0 radical (unpaired) electrons. The molecule has 0 atom stereocenters. The van der Waals surface area contributed by atoms with Gasteiger partial charge in [0.25, 0.3) is 0 Å². The van der Waals surface area contributed by atoms with Gasteiger partial charge in [-0.05, 0) is 57.6 Å².